The summed E-state index contributed by atoms with van der Waals surface area (Å²) in [6.45, 7) is 19.2. The maximum Gasteiger partial charge on any atom is 0.316 e. The molecule has 0 saturated carbocycles. The van der Waals surface area contributed by atoms with E-state index in [4.69, 9.17) is 18.9 Å². The molecular weight excluding hydrogens is 578 g/mol. The Labute approximate surface area is 273 Å². The van der Waals surface area contributed by atoms with Crippen LogP contribution in [0.15, 0.2) is 66.7 Å². The van der Waals surface area contributed by atoms with Crippen molar-refractivity contribution in [3.8, 4) is 23.0 Å². The SMILES string of the molecule is CC1=C(c2ccc(OC(=O)C(C)(C)C)cc2)C(c2ccc(OCCN3CC[C@@H](C)C3)cc2)Oc2cc(OC(=O)C(C)(C)C)ccc21. The van der Waals surface area contributed by atoms with Crippen LogP contribution in [0.25, 0.3) is 11.1 Å². The first-order valence-corrected chi connectivity index (χ1v) is 16.2. The summed E-state index contributed by atoms with van der Waals surface area (Å²) in [7, 11) is 0. The van der Waals surface area contributed by atoms with Crippen LogP contribution in [-0.4, -0.2) is 43.1 Å². The van der Waals surface area contributed by atoms with Gasteiger partial charge in [-0.2, -0.15) is 0 Å². The molecule has 2 atom stereocenters. The van der Waals surface area contributed by atoms with Crippen LogP contribution >= 0.6 is 0 Å². The highest BCUT2D eigenvalue weighted by molar-refractivity contribution is 5.96. The molecule has 1 fully saturated rings. The zero-order valence-electron chi connectivity index (χ0n) is 28.4. The van der Waals surface area contributed by atoms with Crippen LogP contribution in [0, 0.1) is 16.7 Å². The van der Waals surface area contributed by atoms with E-state index in [0.717, 1.165) is 59.1 Å². The molecule has 2 aliphatic heterocycles. The molecule has 0 spiro atoms. The number of allylic oxidation sites excluding steroid dienone is 1. The van der Waals surface area contributed by atoms with Crippen molar-refractivity contribution in [2.45, 2.75) is 67.9 Å². The fraction of sp³-hybridized carbons (Fsp3) is 0.436. The van der Waals surface area contributed by atoms with Crippen LogP contribution < -0.4 is 18.9 Å². The summed E-state index contributed by atoms with van der Waals surface area (Å²) in [6, 6.07) is 21.1. The zero-order valence-corrected chi connectivity index (χ0v) is 28.4. The summed E-state index contributed by atoms with van der Waals surface area (Å²) in [5.41, 5.74) is 3.63. The molecule has 0 bridgehead atoms. The summed E-state index contributed by atoms with van der Waals surface area (Å²) in [4.78, 5) is 27.5. The van der Waals surface area contributed by atoms with E-state index in [1.165, 1.54) is 6.42 Å². The molecule has 0 radical (unpaired) electrons. The maximum absolute atomic E-state index is 12.6. The summed E-state index contributed by atoms with van der Waals surface area (Å²) in [5, 5.41) is 0. The van der Waals surface area contributed by atoms with Gasteiger partial charge in [0, 0.05) is 30.3 Å². The molecule has 244 valence electrons. The number of rotatable bonds is 8. The van der Waals surface area contributed by atoms with Gasteiger partial charge in [0.15, 0.2) is 0 Å². The van der Waals surface area contributed by atoms with E-state index in [9.17, 15) is 9.59 Å². The molecule has 7 nitrogen and oxygen atoms in total. The number of benzene rings is 3. The minimum atomic E-state index is -0.633. The molecule has 1 unspecified atom stereocenters. The Morgan fingerprint density at radius 1 is 0.826 bits per heavy atom. The van der Waals surface area contributed by atoms with Gasteiger partial charge in [-0.25, -0.2) is 0 Å². The maximum atomic E-state index is 12.6. The van der Waals surface area contributed by atoms with Crippen LogP contribution in [0.4, 0.5) is 0 Å². The molecule has 0 aromatic heterocycles. The van der Waals surface area contributed by atoms with E-state index in [-0.39, 0.29) is 11.9 Å². The Kier molecular flexibility index (Phi) is 9.64. The molecule has 0 amide bonds. The van der Waals surface area contributed by atoms with Crippen molar-refractivity contribution in [1.29, 1.82) is 0 Å². The fourth-order valence-electron chi connectivity index (χ4n) is 5.59. The molecular formula is C39H47NO6. The van der Waals surface area contributed by atoms with Crippen LogP contribution in [0.1, 0.15) is 84.6 Å². The number of ether oxygens (including phenoxy) is 4. The largest absolute Gasteiger partial charge is 0.492 e. The van der Waals surface area contributed by atoms with Crippen LogP contribution in [0.2, 0.25) is 0 Å². The molecule has 2 aliphatic rings. The lowest BCUT2D eigenvalue weighted by molar-refractivity contribution is -0.143. The van der Waals surface area contributed by atoms with Crippen molar-refractivity contribution >= 4 is 23.1 Å². The third kappa shape index (κ3) is 7.81. The van der Waals surface area contributed by atoms with Crippen molar-refractivity contribution in [2.24, 2.45) is 16.7 Å². The standard InChI is InChI=1S/C39H47NO6/c1-25-19-20-40(24-25)21-22-43-29-13-11-28(12-14-29)35-34(27-9-15-30(16-10-27)44-36(41)38(3,4)5)26(2)32-18-17-31(23-33(32)46-35)45-37(42)39(6,7)8/h9-18,23,25,35H,19-22,24H2,1-8H3/t25-,35?/m1/s1. The molecule has 0 aliphatic carbocycles. The highest BCUT2D eigenvalue weighted by Crippen LogP contribution is 2.48. The molecule has 0 N–H and O–H groups in total. The van der Waals surface area contributed by atoms with E-state index in [0.29, 0.717) is 23.9 Å². The number of carbonyl (C=O) groups is 2. The molecule has 3 aromatic carbocycles. The van der Waals surface area contributed by atoms with Gasteiger partial charge in [0.25, 0.3) is 0 Å². The third-order valence-corrected chi connectivity index (χ3v) is 8.45. The number of esters is 2. The topological polar surface area (TPSA) is 74.3 Å². The Morgan fingerprint density at radius 3 is 2.00 bits per heavy atom. The Hall–Kier alpha value is -4.10. The van der Waals surface area contributed by atoms with E-state index >= 15 is 0 Å². The Morgan fingerprint density at radius 2 is 1.41 bits per heavy atom. The lowest BCUT2D eigenvalue weighted by Crippen LogP contribution is -2.26. The number of carbonyl (C=O) groups excluding carboxylic acids is 2. The number of fused-ring (bicyclic) bond motifs is 1. The minimum absolute atomic E-state index is 0.288. The molecule has 7 heteroatoms. The number of likely N-dealkylation sites (tertiary alicyclic amines) is 1. The van der Waals surface area contributed by atoms with Gasteiger partial charge in [-0.05, 0) is 120 Å². The molecule has 1 saturated heterocycles. The average Bonchev–Trinajstić information content (AvgIpc) is 3.41. The smallest absolute Gasteiger partial charge is 0.316 e. The number of nitrogens with zero attached hydrogens (tertiary/aromatic N) is 1. The van der Waals surface area contributed by atoms with Crippen molar-refractivity contribution in [3.05, 3.63) is 83.4 Å². The zero-order chi connectivity index (χ0) is 33.2. The van der Waals surface area contributed by atoms with Gasteiger partial charge in [-0.15, -0.1) is 0 Å². The fourth-order valence-corrected chi connectivity index (χ4v) is 5.59. The van der Waals surface area contributed by atoms with Gasteiger partial charge in [0.2, 0.25) is 0 Å². The van der Waals surface area contributed by atoms with E-state index < -0.39 is 16.9 Å². The monoisotopic (exact) mass is 625 g/mol. The van der Waals surface area contributed by atoms with Crippen molar-refractivity contribution in [2.75, 3.05) is 26.2 Å². The van der Waals surface area contributed by atoms with Gasteiger partial charge >= 0.3 is 11.9 Å². The first-order chi connectivity index (χ1) is 21.7. The molecule has 5 rings (SSSR count). The summed E-state index contributed by atoms with van der Waals surface area (Å²) in [5.74, 6) is 2.54. The van der Waals surface area contributed by atoms with Gasteiger partial charge in [0.05, 0.1) is 10.8 Å². The number of hydrogen-bond donors (Lipinski definition) is 0. The molecule has 3 aromatic rings. The second-order valence-corrected chi connectivity index (χ2v) is 14.6. The van der Waals surface area contributed by atoms with Crippen molar-refractivity contribution < 1.29 is 28.5 Å². The van der Waals surface area contributed by atoms with Gasteiger partial charge in [-0.3, -0.25) is 14.5 Å². The van der Waals surface area contributed by atoms with E-state index in [2.05, 4.69) is 18.7 Å². The Bertz CT molecular complexity index is 1590. The second kappa shape index (κ2) is 13.3. The highest BCUT2D eigenvalue weighted by atomic mass is 16.5. The van der Waals surface area contributed by atoms with Crippen LogP contribution in [0.3, 0.4) is 0 Å². The third-order valence-electron chi connectivity index (χ3n) is 8.45. The second-order valence-electron chi connectivity index (χ2n) is 14.6. The summed E-state index contributed by atoms with van der Waals surface area (Å²) < 4.78 is 24.1. The highest BCUT2D eigenvalue weighted by Gasteiger charge is 2.31. The van der Waals surface area contributed by atoms with E-state index in [1.54, 1.807) is 12.1 Å². The van der Waals surface area contributed by atoms with Gasteiger partial charge < -0.3 is 18.9 Å². The first-order valence-electron chi connectivity index (χ1n) is 16.2. The number of hydrogen-bond acceptors (Lipinski definition) is 7. The van der Waals surface area contributed by atoms with Crippen LogP contribution in [0.5, 0.6) is 23.0 Å². The van der Waals surface area contributed by atoms with Crippen LogP contribution in [-0.2, 0) is 9.59 Å². The van der Waals surface area contributed by atoms with Gasteiger partial charge in [0.1, 0.15) is 35.7 Å². The summed E-state index contributed by atoms with van der Waals surface area (Å²) >= 11 is 0. The minimum Gasteiger partial charge on any atom is -0.492 e. The first kappa shape index (κ1) is 33.3. The normalized spacial score (nSPS) is 18.5. The predicted molar refractivity (Wildman–Crippen MR) is 181 cm³/mol. The van der Waals surface area contributed by atoms with E-state index in [1.807, 2.05) is 96.1 Å². The predicted octanol–water partition coefficient (Wildman–Crippen LogP) is 8.37. The lowest BCUT2D eigenvalue weighted by atomic mass is 9.86. The Balaban J connectivity index is 1.43. The van der Waals surface area contributed by atoms with Crippen molar-refractivity contribution in [1.82, 2.24) is 4.90 Å². The molecule has 46 heavy (non-hydrogen) atoms. The molecule has 2 heterocycles. The van der Waals surface area contributed by atoms with Gasteiger partial charge in [-0.1, -0.05) is 31.2 Å². The van der Waals surface area contributed by atoms with Crippen molar-refractivity contribution in [3.63, 3.8) is 0 Å². The average molecular weight is 626 g/mol. The summed E-state index contributed by atoms with van der Waals surface area (Å²) in [6.07, 6.45) is 0.809. The lowest BCUT2D eigenvalue weighted by Gasteiger charge is -2.31. The quantitative estimate of drug-likeness (QED) is 0.184.